The van der Waals surface area contributed by atoms with Gasteiger partial charge in [-0.2, -0.15) is 0 Å². The third-order valence-electron chi connectivity index (χ3n) is 4.20. The Morgan fingerprint density at radius 2 is 2.04 bits per heavy atom. The highest BCUT2D eigenvalue weighted by Gasteiger charge is 2.38. The minimum atomic E-state index is -1.09. The van der Waals surface area contributed by atoms with Crippen molar-refractivity contribution in [2.24, 2.45) is 0 Å². The van der Waals surface area contributed by atoms with E-state index in [4.69, 9.17) is 4.52 Å². The first kappa shape index (κ1) is 14.8. The Labute approximate surface area is 135 Å². The van der Waals surface area contributed by atoms with Crippen LogP contribution in [0.25, 0.3) is 0 Å². The molecule has 1 saturated carbocycles. The number of halogens is 2. The van der Waals surface area contributed by atoms with Crippen LogP contribution in [0.3, 0.4) is 0 Å². The van der Waals surface area contributed by atoms with Crippen LogP contribution in [0.1, 0.15) is 40.6 Å². The van der Waals surface area contributed by atoms with Crippen LogP contribution in [0, 0.1) is 18.6 Å². The lowest BCUT2D eigenvalue weighted by molar-refractivity contribution is -0.115. The Morgan fingerprint density at radius 1 is 1.33 bits per heavy atom. The molecule has 0 atom stereocenters. The summed E-state index contributed by atoms with van der Waals surface area (Å²) in [6.07, 6.45) is 1.82. The first-order chi connectivity index (χ1) is 11.5. The molecule has 24 heavy (non-hydrogen) atoms. The maximum atomic E-state index is 13.6. The normalized spacial score (nSPS) is 16.8. The van der Waals surface area contributed by atoms with Gasteiger partial charge in [0.25, 0.3) is 5.91 Å². The Kier molecular flexibility index (Phi) is 3.16. The fourth-order valence-electron chi connectivity index (χ4n) is 2.87. The summed E-state index contributed by atoms with van der Waals surface area (Å²) in [6, 6.07) is 1.77. The molecule has 1 N–H and O–H groups in total. The predicted octanol–water partition coefficient (Wildman–Crippen LogP) is 2.74. The van der Waals surface area contributed by atoms with Crippen LogP contribution in [-0.2, 0) is 4.79 Å². The highest BCUT2D eigenvalue weighted by atomic mass is 19.2. The summed E-state index contributed by atoms with van der Waals surface area (Å²) >= 11 is 0. The number of hydrogen-bond acceptors (Lipinski definition) is 4. The number of rotatable bonds is 2. The average Bonchev–Trinajstić information content (AvgIpc) is 3.30. The maximum absolute atomic E-state index is 13.6. The molecule has 1 aliphatic carbocycles. The van der Waals surface area contributed by atoms with Gasteiger partial charge in [0.1, 0.15) is 12.1 Å². The fraction of sp³-hybridized carbons (Fsp3) is 0.312. The van der Waals surface area contributed by atoms with Crippen molar-refractivity contribution in [3.63, 3.8) is 0 Å². The van der Waals surface area contributed by atoms with E-state index in [1.165, 1.54) is 0 Å². The number of hydrogen-bond donors (Lipinski definition) is 1. The molecule has 0 radical (unpaired) electrons. The molecule has 2 aromatic rings. The summed E-state index contributed by atoms with van der Waals surface area (Å²) in [4.78, 5) is 26.0. The first-order valence-corrected chi connectivity index (χ1v) is 7.52. The lowest BCUT2D eigenvalue weighted by Gasteiger charge is -2.29. The average molecular weight is 333 g/mol. The summed E-state index contributed by atoms with van der Waals surface area (Å²) in [5.41, 5.74) is 0.876. The second-order valence-corrected chi connectivity index (χ2v) is 6.00. The minimum Gasteiger partial charge on any atom is -0.360 e. The zero-order valence-electron chi connectivity index (χ0n) is 12.7. The van der Waals surface area contributed by atoms with E-state index in [-0.39, 0.29) is 23.8 Å². The second kappa shape index (κ2) is 5.12. The highest BCUT2D eigenvalue weighted by molar-refractivity contribution is 6.15. The van der Waals surface area contributed by atoms with E-state index in [9.17, 15) is 18.4 Å². The van der Waals surface area contributed by atoms with E-state index in [1.54, 1.807) is 6.92 Å². The standard InChI is InChI=1S/C16H13F2N3O3/c1-7-14(15(24-20-7)8-2-3-8)16(23)21-6-13(22)19-11-4-9(17)10(18)5-12(11)21/h4-5,8H,2-3,6H2,1H3,(H,19,22). The van der Waals surface area contributed by atoms with Crippen LogP contribution >= 0.6 is 0 Å². The lowest BCUT2D eigenvalue weighted by Crippen LogP contribution is -2.42. The molecular weight excluding hydrogens is 320 g/mol. The molecule has 124 valence electrons. The summed E-state index contributed by atoms with van der Waals surface area (Å²) in [7, 11) is 0. The van der Waals surface area contributed by atoms with Crippen LogP contribution in [0.4, 0.5) is 20.2 Å². The van der Waals surface area contributed by atoms with Gasteiger partial charge in [-0.15, -0.1) is 0 Å². The molecule has 0 spiro atoms. The van der Waals surface area contributed by atoms with Crippen molar-refractivity contribution in [2.45, 2.75) is 25.7 Å². The van der Waals surface area contributed by atoms with Gasteiger partial charge in [-0.3, -0.25) is 14.5 Å². The van der Waals surface area contributed by atoms with E-state index < -0.39 is 23.4 Å². The molecule has 0 unspecified atom stereocenters. The number of amides is 2. The number of carbonyl (C=O) groups is 2. The molecule has 1 aliphatic heterocycles. The van der Waals surface area contributed by atoms with Crippen molar-refractivity contribution in [1.29, 1.82) is 0 Å². The SMILES string of the molecule is Cc1noc(C2CC2)c1C(=O)N1CC(=O)Nc2cc(F)c(F)cc21. The molecule has 6 nitrogen and oxygen atoms in total. The van der Waals surface area contributed by atoms with Crippen LogP contribution in [-0.4, -0.2) is 23.5 Å². The Bertz CT molecular complexity index is 874. The van der Waals surface area contributed by atoms with Gasteiger partial charge in [0.05, 0.1) is 17.1 Å². The first-order valence-electron chi connectivity index (χ1n) is 7.52. The van der Waals surface area contributed by atoms with Gasteiger partial charge in [0.2, 0.25) is 5.91 Å². The van der Waals surface area contributed by atoms with Gasteiger partial charge < -0.3 is 9.84 Å². The Hall–Kier alpha value is -2.77. The molecule has 1 aromatic carbocycles. The van der Waals surface area contributed by atoms with Crippen molar-refractivity contribution in [1.82, 2.24) is 5.16 Å². The van der Waals surface area contributed by atoms with Gasteiger partial charge in [-0.1, -0.05) is 5.16 Å². The molecule has 0 saturated heterocycles. The molecule has 0 bridgehead atoms. The van der Waals surface area contributed by atoms with Crippen molar-refractivity contribution in [2.75, 3.05) is 16.8 Å². The number of nitrogens with one attached hydrogen (secondary N) is 1. The van der Waals surface area contributed by atoms with Crippen molar-refractivity contribution < 1.29 is 22.9 Å². The summed E-state index contributed by atoms with van der Waals surface area (Å²) in [5, 5.41) is 6.29. The summed E-state index contributed by atoms with van der Waals surface area (Å²) < 4.78 is 32.3. The number of aryl methyl sites for hydroxylation is 1. The van der Waals surface area contributed by atoms with E-state index in [0.717, 1.165) is 29.9 Å². The molecule has 2 amide bonds. The van der Waals surface area contributed by atoms with Crippen LogP contribution in [0.2, 0.25) is 0 Å². The predicted molar refractivity (Wildman–Crippen MR) is 79.9 cm³/mol. The lowest BCUT2D eigenvalue weighted by atomic mass is 10.1. The van der Waals surface area contributed by atoms with Crippen LogP contribution in [0.15, 0.2) is 16.7 Å². The van der Waals surface area contributed by atoms with Gasteiger partial charge in [-0.05, 0) is 19.8 Å². The highest BCUT2D eigenvalue weighted by Crippen LogP contribution is 2.43. The second-order valence-electron chi connectivity index (χ2n) is 6.00. The van der Waals surface area contributed by atoms with Crippen molar-refractivity contribution >= 4 is 23.2 Å². The number of nitrogens with zero attached hydrogens (tertiary/aromatic N) is 2. The molecule has 8 heteroatoms. The van der Waals surface area contributed by atoms with E-state index in [1.807, 2.05) is 0 Å². The van der Waals surface area contributed by atoms with Gasteiger partial charge >= 0.3 is 0 Å². The monoisotopic (exact) mass is 333 g/mol. The van der Waals surface area contributed by atoms with Crippen molar-refractivity contribution in [3.05, 3.63) is 40.8 Å². The maximum Gasteiger partial charge on any atom is 0.264 e. The number of aromatic nitrogens is 1. The van der Waals surface area contributed by atoms with E-state index in [2.05, 4.69) is 10.5 Å². The fourth-order valence-corrected chi connectivity index (χ4v) is 2.87. The number of anilines is 2. The van der Waals surface area contributed by atoms with Gasteiger partial charge in [0.15, 0.2) is 17.4 Å². The number of carbonyl (C=O) groups excluding carboxylic acids is 2. The van der Waals surface area contributed by atoms with Crippen LogP contribution in [0.5, 0.6) is 0 Å². The van der Waals surface area contributed by atoms with Crippen molar-refractivity contribution in [3.8, 4) is 0 Å². The summed E-state index contributed by atoms with van der Waals surface area (Å²) in [6.45, 7) is 1.35. The molecule has 2 aliphatic rings. The topological polar surface area (TPSA) is 75.4 Å². The smallest absolute Gasteiger partial charge is 0.264 e. The van der Waals surface area contributed by atoms with Crippen LogP contribution < -0.4 is 10.2 Å². The third-order valence-corrected chi connectivity index (χ3v) is 4.20. The Balaban J connectivity index is 1.80. The quantitative estimate of drug-likeness (QED) is 0.917. The van der Waals surface area contributed by atoms with Gasteiger partial charge in [-0.25, -0.2) is 8.78 Å². The zero-order valence-corrected chi connectivity index (χ0v) is 12.7. The molecule has 4 rings (SSSR count). The largest absolute Gasteiger partial charge is 0.360 e. The summed E-state index contributed by atoms with van der Waals surface area (Å²) in [5.74, 6) is -2.53. The minimum absolute atomic E-state index is 0.0561. The zero-order chi connectivity index (χ0) is 17.0. The molecular formula is C16H13F2N3O3. The van der Waals surface area contributed by atoms with E-state index in [0.29, 0.717) is 17.0 Å². The van der Waals surface area contributed by atoms with E-state index >= 15 is 0 Å². The molecule has 1 aromatic heterocycles. The molecule has 1 fully saturated rings. The number of benzene rings is 1. The third kappa shape index (κ3) is 2.26. The van der Waals surface area contributed by atoms with Gasteiger partial charge in [0, 0.05) is 18.1 Å². The number of fused-ring (bicyclic) bond motifs is 1. The molecule has 2 heterocycles. The Morgan fingerprint density at radius 3 is 2.75 bits per heavy atom.